The zero-order valence-electron chi connectivity index (χ0n) is 15.5. The quantitative estimate of drug-likeness (QED) is 0.518. The van der Waals surface area contributed by atoms with Gasteiger partial charge in [0.05, 0.1) is 16.8 Å². The minimum absolute atomic E-state index is 0.694. The molecule has 0 saturated carbocycles. The lowest BCUT2D eigenvalue weighted by molar-refractivity contribution is 0.215. The van der Waals surface area contributed by atoms with Crippen molar-refractivity contribution in [3.8, 4) is 0 Å². The number of aromatic nitrogens is 3. The van der Waals surface area contributed by atoms with Crippen molar-refractivity contribution in [2.24, 2.45) is 0 Å². The number of anilines is 1. The summed E-state index contributed by atoms with van der Waals surface area (Å²) >= 11 is 1.77. The van der Waals surface area contributed by atoms with E-state index in [0.29, 0.717) is 18.9 Å². The van der Waals surface area contributed by atoms with Crippen LogP contribution < -0.4 is 4.90 Å². The molecule has 5 rings (SSSR count). The predicted octanol–water partition coefficient (Wildman–Crippen LogP) is 3.59. The molecule has 3 heterocycles. The van der Waals surface area contributed by atoms with Crippen molar-refractivity contribution in [2.75, 3.05) is 31.1 Å². The Hall–Kier alpha value is -2.77. The molecule has 0 amide bonds. The van der Waals surface area contributed by atoms with Crippen LogP contribution in [0.15, 0.2) is 59.1 Å². The van der Waals surface area contributed by atoms with Gasteiger partial charge in [-0.1, -0.05) is 59.0 Å². The molecular formula is C21H21N5OS. The number of piperazine rings is 1. The van der Waals surface area contributed by atoms with E-state index in [2.05, 4.69) is 50.3 Å². The standard InChI is InChI=1S/C21H21N5OS/c1-2-6-16(7-3-1)14-19-23-20(27-24-19)15-25-10-12-26(13-11-25)21-22-17-8-4-5-9-18(17)28-21/h1-9H,10-15H2. The van der Waals surface area contributed by atoms with Crippen LogP contribution in [0.25, 0.3) is 10.2 Å². The summed E-state index contributed by atoms with van der Waals surface area (Å²) in [7, 11) is 0. The molecular weight excluding hydrogens is 370 g/mol. The first-order valence-corrected chi connectivity index (χ1v) is 10.3. The highest BCUT2D eigenvalue weighted by Gasteiger charge is 2.21. The smallest absolute Gasteiger partial charge is 0.240 e. The molecule has 0 spiro atoms. The fraction of sp³-hybridized carbons (Fsp3) is 0.286. The molecule has 28 heavy (non-hydrogen) atoms. The second kappa shape index (κ2) is 7.69. The molecule has 1 aliphatic rings. The Morgan fingerprint density at radius 3 is 2.50 bits per heavy atom. The van der Waals surface area contributed by atoms with E-state index >= 15 is 0 Å². The number of para-hydroxylation sites is 1. The van der Waals surface area contributed by atoms with Gasteiger partial charge in [0.25, 0.3) is 0 Å². The first-order chi connectivity index (χ1) is 13.8. The van der Waals surface area contributed by atoms with E-state index in [1.165, 1.54) is 10.3 Å². The molecule has 4 aromatic rings. The van der Waals surface area contributed by atoms with Crippen LogP contribution in [-0.4, -0.2) is 46.2 Å². The van der Waals surface area contributed by atoms with E-state index in [-0.39, 0.29) is 0 Å². The normalized spacial score (nSPS) is 15.4. The molecule has 0 unspecified atom stereocenters. The predicted molar refractivity (Wildman–Crippen MR) is 111 cm³/mol. The summed E-state index contributed by atoms with van der Waals surface area (Å²) in [5, 5.41) is 5.25. The lowest BCUT2D eigenvalue weighted by atomic mass is 10.1. The monoisotopic (exact) mass is 391 g/mol. The van der Waals surface area contributed by atoms with Crippen molar-refractivity contribution in [2.45, 2.75) is 13.0 Å². The molecule has 0 radical (unpaired) electrons. The molecule has 2 aromatic carbocycles. The Morgan fingerprint density at radius 2 is 1.68 bits per heavy atom. The number of thiazole rings is 1. The van der Waals surface area contributed by atoms with Crippen LogP contribution in [-0.2, 0) is 13.0 Å². The fourth-order valence-electron chi connectivity index (χ4n) is 3.49. The van der Waals surface area contributed by atoms with Crippen LogP contribution in [0, 0.1) is 0 Å². The largest absolute Gasteiger partial charge is 0.345 e. The highest BCUT2D eigenvalue weighted by atomic mass is 32.1. The zero-order valence-corrected chi connectivity index (χ0v) is 16.3. The first kappa shape index (κ1) is 17.3. The van der Waals surface area contributed by atoms with Gasteiger partial charge in [0.2, 0.25) is 5.89 Å². The molecule has 0 N–H and O–H groups in total. The lowest BCUT2D eigenvalue weighted by Crippen LogP contribution is -2.46. The number of nitrogens with zero attached hydrogens (tertiary/aromatic N) is 5. The summed E-state index contributed by atoms with van der Waals surface area (Å²) in [5.41, 5.74) is 2.28. The average Bonchev–Trinajstić information content (AvgIpc) is 3.36. The van der Waals surface area contributed by atoms with Crippen molar-refractivity contribution >= 4 is 26.7 Å². The third kappa shape index (κ3) is 3.76. The molecule has 1 aliphatic heterocycles. The van der Waals surface area contributed by atoms with Crippen LogP contribution in [0.5, 0.6) is 0 Å². The van der Waals surface area contributed by atoms with Crippen molar-refractivity contribution in [3.63, 3.8) is 0 Å². The van der Waals surface area contributed by atoms with E-state index in [1.807, 2.05) is 24.3 Å². The van der Waals surface area contributed by atoms with Crippen LogP contribution in [0.2, 0.25) is 0 Å². The van der Waals surface area contributed by atoms with E-state index < -0.39 is 0 Å². The summed E-state index contributed by atoms with van der Waals surface area (Å²) in [6.45, 7) is 4.56. The third-order valence-electron chi connectivity index (χ3n) is 5.00. The minimum Gasteiger partial charge on any atom is -0.345 e. The van der Waals surface area contributed by atoms with Gasteiger partial charge in [0.15, 0.2) is 11.0 Å². The van der Waals surface area contributed by atoms with Gasteiger partial charge >= 0.3 is 0 Å². The second-order valence-electron chi connectivity index (χ2n) is 6.99. The van der Waals surface area contributed by atoms with Crippen LogP contribution in [0.1, 0.15) is 17.3 Å². The molecule has 1 fully saturated rings. The minimum atomic E-state index is 0.694. The van der Waals surface area contributed by atoms with Gasteiger partial charge < -0.3 is 9.42 Å². The van der Waals surface area contributed by atoms with Gasteiger partial charge in [-0.25, -0.2) is 4.98 Å². The van der Waals surface area contributed by atoms with Gasteiger partial charge in [0.1, 0.15) is 0 Å². The summed E-state index contributed by atoms with van der Waals surface area (Å²) in [4.78, 5) is 14.1. The fourth-order valence-corrected chi connectivity index (χ4v) is 4.51. The topological polar surface area (TPSA) is 58.3 Å². The number of hydrogen-bond donors (Lipinski definition) is 0. The Balaban J connectivity index is 1.17. The number of fused-ring (bicyclic) bond motifs is 1. The Kier molecular flexibility index (Phi) is 4.76. The molecule has 0 aliphatic carbocycles. The van der Waals surface area contributed by atoms with Gasteiger partial charge in [-0.2, -0.15) is 4.98 Å². The second-order valence-corrected chi connectivity index (χ2v) is 8.00. The van der Waals surface area contributed by atoms with Crippen molar-refractivity contribution in [1.82, 2.24) is 20.0 Å². The Bertz CT molecular complexity index is 1020. The van der Waals surface area contributed by atoms with Crippen molar-refractivity contribution < 1.29 is 4.52 Å². The van der Waals surface area contributed by atoms with Crippen LogP contribution in [0.4, 0.5) is 5.13 Å². The summed E-state index contributed by atoms with van der Waals surface area (Å²) < 4.78 is 6.71. The lowest BCUT2D eigenvalue weighted by Gasteiger charge is -2.33. The maximum absolute atomic E-state index is 5.46. The highest BCUT2D eigenvalue weighted by molar-refractivity contribution is 7.22. The highest BCUT2D eigenvalue weighted by Crippen LogP contribution is 2.29. The molecule has 7 heteroatoms. The third-order valence-corrected chi connectivity index (χ3v) is 6.10. The molecule has 2 aromatic heterocycles. The van der Waals surface area contributed by atoms with Gasteiger partial charge in [-0.05, 0) is 17.7 Å². The number of rotatable bonds is 5. The van der Waals surface area contributed by atoms with Crippen LogP contribution >= 0.6 is 11.3 Å². The van der Waals surface area contributed by atoms with Gasteiger partial charge in [0, 0.05) is 32.6 Å². The molecule has 0 bridgehead atoms. The molecule has 1 saturated heterocycles. The van der Waals surface area contributed by atoms with Crippen molar-refractivity contribution in [1.29, 1.82) is 0 Å². The molecule has 0 atom stereocenters. The van der Waals surface area contributed by atoms with E-state index in [0.717, 1.165) is 42.7 Å². The van der Waals surface area contributed by atoms with Gasteiger partial charge in [-0.3, -0.25) is 4.90 Å². The van der Waals surface area contributed by atoms with Crippen LogP contribution in [0.3, 0.4) is 0 Å². The maximum atomic E-state index is 5.46. The van der Waals surface area contributed by atoms with E-state index in [9.17, 15) is 0 Å². The SMILES string of the molecule is c1ccc(Cc2noc(CN3CCN(c4nc5ccccc5s4)CC3)n2)cc1. The summed E-state index contributed by atoms with van der Waals surface area (Å²) in [6, 6.07) is 18.6. The van der Waals surface area contributed by atoms with Crippen molar-refractivity contribution in [3.05, 3.63) is 71.9 Å². The molecule has 6 nitrogen and oxygen atoms in total. The zero-order chi connectivity index (χ0) is 18.8. The van der Waals surface area contributed by atoms with Gasteiger partial charge in [-0.15, -0.1) is 0 Å². The Morgan fingerprint density at radius 1 is 0.893 bits per heavy atom. The summed E-state index contributed by atoms with van der Waals surface area (Å²) in [6.07, 6.45) is 0.704. The maximum Gasteiger partial charge on any atom is 0.240 e. The number of hydrogen-bond acceptors (Lipinski definition) is 7. The summed E-state index contributed by atoms with van der Waals surface area (Å²) in [5.74, 6) is 1.44. The number of benzene rings is 2. The first-order valence-electron chi connectivity index (χ1n) is 9.52. The average molecular weight is 392 g/mol. The molecule has 142 valence electrons. The van der Waals surface area contributed by atoms with E-state index in [4.69, 9.17) is 9.51 Å². The van der Waals surface area contributed by atoms with E-state index in [1.54, 1.807) is 11.3 Å². The Labute approximate surface area is 167 Å².